The van der Waals surface area contributed by atoms with Crippen molar-refractivity contribution in [2.75, 3.05) is 19.6 Å². The van der Waals surface area contributed by atoms with Crippen molar-refractivity contribution in [3.05, 3.63) is 23.0 Å². The van der Waals surface area contributed by atoms with E-state index < -0.39 is 0 Å². The maximum atomic E-state index is 4.64. The van der Waals surface area contributed by atoms with E-state index in [0.717, 1.165) is 17.4 Å². The van der Waals surface area contributed by atoms with Crippen LogP contribution >= 0.6 is 11.3 Å². The van der Waals surface area contributed by atoms with Crippen LogP contribution in [0.4, 0.5) is 0 Å². The van der Waals surface area contributed by atoms with Gasteiger partial charge < -0.3 is 10.2 Å². The lowest BCUT2D eigenvalue weighted by Gasteiger charge is -2.34. The third-order valence-electron chi connectivity index (χ3n) is 5.70. The number of hydrogen-bond donors (Lipinski definition) is 1. The Morgan fingerprint density at radius 1 is 1.22 bits per heavy atom. The average molecular weight is 333 g/mol. The minimum atomic E-state index is 0.665. The molecule has 126 valence electrons. The quantitative estimate of drug-likeness (QED) is 0.910. The maximum absolute atomic E-state index is 4.64. The Labute approximate surface area is 142 Å². The summed E-state index contributed by atoms with van der Waals surface area (Å²) in [5.41, 5.74) is 2.50. The Bertz CT molecular complexity index is 633. The average Bonchev–Trinajstić information content (AvgIpc) is 3.26. The first-order valence-electron chi connectivity index (χ1n) is 9.16. The van der Waals surface area contributed by atoms with Crippen molar-refractivity contribution in [1.29, 1.82) is 0 Å². The molecule has 1 N–H and O–H groups in total. The predicted molar refractivity (Wildman–Crippen MR) is 96.1 cm³/mol. The van der Waals surface area contributed by atoms with Crippen LogP contribution in [0.15, 0.2) is 11.6 Å². The summed E-state index contributed by atoms with van der Waals surface area (Å²) in [5, 5.41) is 5.90. The van der Waals surface area contributed by atoms with Crippen LogP contribution in [0.5, 0.6) is 0 Å². The van der Waals surface area contributed by atoms with Gasteiger partial charge in [0.05, 0.1) is 11.4 Å². The molecule has 2 aromatic heterocycles. The van der Waals surface area contributed by atoms with Gasteiger partial charge in [0, 0.05) is 30.7 Å². The van der Waals surface area contributed by atoms with E-state index in [-0.39, 0.29) is 0 Å². The number of likely N-dealkylation sites (tertiary alicyclic amines) is 1. The highest BCUT2D eigenvalue weighted by Gasteiger charge is 2.23. The third-order valence-corrected chi connectivity index (χ3v) is 6.45. The van der Waals surface area contributed by atoms with Gasteiger partial charge in [-0.05, 0) is 51.6 Å². The van der Waals surface area contributed by atoms with Crippen LogP contribution in [0.3, 0.4) is 0 Å². The van der Waals surface area contributed by atoms with E-state index in [2.05, 4.69) is 38.1 Å². The molecule has 0 bridgehead atoms. The normalized spacial score (nSPS) is 21.6. The number of hydrogen-bond acceptors (Lipinski definition) is 4. The lowest BCUT2D eigenvalue weighted by molar-refractivity contribution is 0.172. The van der Waals surface area contributed by atoms with E-state index in [4.69, 9.17) is 0 Å². The molecule has 0 amide bonds. The fourth-order valence-electron chi connectivity index (χ4n) is 4.27. The first-order chi connectivity index (χ1) is 11.3. The van der Waals surface area contributed by atoms with Crippen LogP contribution in [-0.2, 0) is 6.54 Å². The van der Waals surface area contributed by atoms with Gasteiger partial charge in [-0.1, -0.05) is 12.8 Å². The molecule has 1 aliphatic carbocycles. The summed E-state index contributed by atoms with van der Waals surface area (Å²) in [6, 6.07) is 0.665. The summed E-state index contributed by atoms with van der Waals surface area (Å²) in [7, 11) is 0. The van der Waals surface area contributed by atoms with Crippen molar-refractivity contribution in [1.82, 2.24) is 19.6 Å². The molecule has 5 heteroatoms. The van der Waals surface area contributed by atoms with Gasteiger partial charge in [0.1, 0.15) is 0 Å². The molecule has 1 aliphatic heterocycles. The van der Waals surface area contributed by atoms with E-state index in [1.807, 2.05) is 0 Å². The smallest absolute Gasteiger partial charge is 0.194 e. The summed E-state index contributed by atoms with van der Waals surface area (Å²) in [5.74, 6) is 0.987. The molecule has 0 aromatic carbocycles. The zero-order chi connectivity index (χ0) is 15.6. The van der Waals surface area contributed by atoms with Gasteiger partial charge in [-0.3, -0.25) is 4.40 Å². The highest BCUT2D eigenvalue weighted by Crippen LogP contribution is 2.26. The minimum Gasteiger partial charge on any atom is -0.308 e. The molecule has 0 unspecified atom stereocenters. The molecule has 2 aliphatic rings. The van der Waals surface area contributed by atoms with Crippen molar-refractivity contribution in [2.45, 2.75) is 58.0 Å². The second kappa shape index (κ2) is 6.91. The number of nitrogens with one attached hydrogen (secondary N) is 1. The van der Waals surface area contributed by atoms with E-state index in [9.17, 15) is 0 Å². The molecule has 1 saturated heterocycles. The number of thiazole rings is 1. The Balaban J connectivity index is 1.26. The third kappa shape index (κ3) is 3.47. The SMILES string of the molecule is Cc1nc2sccn2c1CNC1CCN(CC2CCCC2)CC1. The molecule has 2 fully saturated rings. The van der Waals surface area contributed by atoms with E-state index in [1.54, 1.807) is 11.3 Å². The predicted octanol–water partition coefficient (Wildman–Crippen LogP) is 3.45. The van der Waals surface area contributed by atoms with E-state index >= 15 is 0 Å². The van der Waals surface area contributed by atoms with Crippen LogP contribution in [0.1, 0.15) is 49.9 Å². The van der Waals surface area contributed by atoms with Crippen LogP contribution in [0, 0.1) is 12.8 Å². The summed E-state index contributed by atoms with van der Waals surface area (Å²) < 4.78 is 2.24. The van der Waals surface area contributed by atoms with E-state index in [1.165, 1.54) is 69.5 Å². The van der Waals surface area contributed by atoms with Crippen LogP contribution in [-0.4, -0.2) is 40.0 Å². The maximum Gasteiger partial charge on any atom is 0.194 e. The molecule has 2 aromatic rings. The fourth-order valence-corrected chi connectivity index (χ4v) is 5.05. The summed E-state index contributed by atoms with van der Waals surface area (Å²) >= 11 is 1.72. The molecule has 1 saturated carbocycles. The highest BCUT2D eigenvalue weighted by molar-refractivity contribution is 7.15. The number of rotatable bonds is 5. The van der Waals surface area contributed by atoms with Gasteiger partial charge in [0.15, 0.2) is 4.96 Å². The molecule has 0 spiro atoms. The first-order valence-corrected chi connectivity index (χ1v) is 10.0. The van der Waals surface area contributed by atoms with Crippen molar-refractivity contribution in [3.8, 4) is 0 Å². The summed E-state index contributed by atoms with van der Waals surface area (Å²) in [6.45, 7) is 6.96. The topological polar surface area (TPSA) is 32.6 Å². The molecule has 4 nitrogen and oxygen atoms in total. The molecular formula is C18H28N4S. The van der Waals surface area contributed by atoms with Crippen molar-refractivity contribution >= 4 is 16.3 Å². The Hall–Kier alpha value is -0.910. The first kappa shape index (κ1) is 15.6. The second-order valence-electron chi connectivity index (χ2n) is 7.31. The molecule has 0 radical (unpaired) electrons. The Kier molecular flexibility index (Phi) is 4.69. The number of aryl methyl sites for hydroxylation is 1. The molecule has 3 heterocycles. The molecule has 23 heavy (non-hydrogen) atoms. The van der Waals surface area contributed by atoms with Crippen molar-refractivity contribution in [3.63, 3.8) is 0 Å². The zero-order valence-corrected chi connectivity index (χ0v) is 14.9. The van der Waals surface area contributed by atoms with Crippen molar-refractivity contribution < 1.29 is 0 Å². The highest BCUT2D eigenvalue weighted by atomic mass is 32.1. The largest absolute Gasteiger partial charge is 0.308 e. The monoisotopic (exact) mass is 332 g/mol. The lowest BCUT2D eigenvalue weighted by atomic mass is 10.0. The second-order valence-corrected chi connectivity index (χ2v) is 8.18. The number of fused-ring (bicyclic) bond motifs is 1. The molecule has 0 atom stereocenters. The summed E-state index contributed by atoms with van der Waals surface area (Å²) in [4.78, 5) is 8.46. The van der Waals surface area contributed by atoms with E-state index in [0.29, 0.717) is 6.04 Å². The number of aromatic nitrogens is 2. The number of imidazole rings is 1. The lowest BCUT2D eigenvalue weighted by Crippen LogP contribution is -2.43. The minimum absolute atomic E-state index is 0.665. The van der Waals surface area contributed by atoms with Gasteiger partial charge in [0.2, 0.25) is 0 Å². The molecular weight excluding hydrogens is 304 g/mol. The molecule has 4 rings (SSSR count). The van der Waals surface area contributed by atoms with Crippen LogP contribution in [0.25, 0.3) is 4.96 Å². The fraction of sp³-hybridized carbons (Fsp3) is 0.722. The van der Waals surface area contributed by atoms with Gasteiger partial charge in [0.25, 0.3) is 0 Å². The van der Waals surface area contributed by atoms with Gasteiger partial charge in [-0.15, -0.1) is 11.3 Å². The van der Waals surface area contributed by atoms with Crippen LogP contribution < -0.4 is 5.32 Å². The zero-order valence-electron chi connectivity index (χ0n) is 14.1. The van der Waals surface area contributed by atoms with Gasteiger partial charge >= 0.3 is 0 Å². The standard InChI is InChI=1S/C18H28N4S/c1-14-17(22-10-11-23-18(22)20-14)12-19-16-6-8-21(9-7-16)13-15-4-2-3-5-15/h10-11,15-16,19H,2-9,12-13H2,1H3. The summed E-state index contributed by atoms with van der Waals surface area (Å²) in [6.07, 6.45) is 10.6. The van der Waals surface area contributed by atoms with Crippen LogP contribution in [0.2, 0.25) is 0 Å². The van der Waals surface area contributed by atoms with Crippen molar-refractivity contribution in [2.24, 2.45) is 5.92 Å². The Morgan fingerprint density at radius 2 is 2.00 bits per heavy atom. The Morgan fingerprint density at radius 3 is 2.78 bits per heavy atom. The van der Waals surface area contributed by atoms with Gasteiger partial charge in [-0.25, -0.2) is 4.98 Å². The number of piperidine rings is 1. The number of nitrogens with zero attached hydrogens (tertiary/aromatic N) is 3. The van der Waals surface area contributed by atoms with Gasteiger partial charge in [-0.2, -0.15) is 0 Å².